The Morgan fingerprint density at radius 2 is 2.39 bits per heavy atom. The quantitative estimate of drug-likeness (QED) is 0.472. The van der Waals surface area contributed by atoms with Gasteiger partial charge in [-0.2, -0.15) is 5.10 Å². The molecule has 9 heteroatoms. The molecule has 0 saturated carbocycles. The third-order valence-electron chi connectivity index (χ3n) is 1.95. The van der Waals surface area contributed by atoms with Gasteiger partial charge in [0, 0.05) is 6.20 Å². The fraction of sp³-hybridized carbons (Fsp3) is 0.222. The lowest BCUT2D eigenvalue weighted by atomic mass is 10.4. The van der Waals surface area contributed by atoms with E-state index in [9.17, 15) is 14.9 Å². The van der Waals surface area contributed by atoms with E-state index >= 15 is 0 Å². The number of hydrogen-bond donors (Lipinski definition) is 0. The van der Waals surface area contributed by atoms with Crippen LogP contribution in [0.4, 0.5) is 5.00 Å². The molecule has 8 nitrogen and oxygen atoms in total. The van der Waals surface area contributed by atoms with Crippen molar-refractivity contribution in [3.63, 3.8) is 0 Å². The van der Waals surface area contributed by atoms with Crippen LogP contribution in [-0.4, -0.2) is 32.3 Å². The van der Waals surface area contributed by atoms with Crippen LogP contribution in [0.15, 0.2) is 18.6 Å². The number of carbonyl (C=O) groups is 1. The molecule has 2 heterocycles. The predicted octanol–water partition coefficient (Wildman–Crippen LogP) is 1.41. The van der Waals surface area contributed by atoms with Gasteiger partial charge in [0.2, 0.25) is 5.13 Å². The van der Waals surface area contributed by atoms with Crippen LogP contribution >= 0.6 is 11.3 Å². The highest BCUT2D eigenvalue weighted by atomic mass is 32.1. The highest BCUT2D eigenvalue weighted by molar-refractivity contribution is 7.17. The summed E-state index contributed by atoms with van der Waals surface area (Å²) in [6.07, 6.45) is 3.89. The lowest BCUT2D eigenvalue weighted by Crippen LogP contribution is -2.03. The number of nitro groups is 1. The monoisotopic (exact) mass is 268 g/mol. The van der Waals surface area contributed by atoms with Crippen LogP contribution in [0.25, 0.3) is 5.13 Å². The molecule has 0 saturated heterocycles. The summed E-state index contributed by atoms with van der Waals surface area (Å²) in [5, 5.41) is 14.7. The van der Waals surface area contributed by atoms with Crippen molar-refractivity contribution >= 4 is 22.3 Å². The van der Waals surface area contributed by atoms with E-state index < -0.39 is 10.9 Å². The standard InChI is InChI=1S/C9H8N4O4S/c1-2-17-8(14)6-3-11-12(5-6)9-10-4-7(18-9)13(15)16/h3-5H,2H2,1H3. The van der Waals surface area contributed by atoms with Crippen molar-refractivity contribution in [2.45, 2.75) is 6.92 Å². The predicted molar refractivity (Wildman–Crippen MR) is 61.8 cm³/mol. The minimum Gasteiger partial charge on any atom is -0.462 e. The molecule has 0 amide bonds. The molecule has 0 unspecified atom stereocenters. The van der Waals surface area contributed by atoms with Crippen molar-refractivity contribution in [3.8, 4) is 5.13 Å². The van der Waals surface area contributed by atoms with Crippen LogP contribution in [0.1, 0.15) is 17.3 Å². The average molecular weight is 268 g/mol. The molecule has 0 bridgehead atoms. The Balaban J connectivity index is 2.23. The van der Waals surface area contributed by atoms with E-state index in [2.05, 4.69) is 10.1 Å². The Bertz CT molecular complexity index is 591. The van der Waals surface area contributed by atoms with Gasteiger partial charge in [0.1, 0.15) is 6.20 Å². The van der Waals surface area contributed by atoms with E-state index in [1.54, 1.807) is 6.92 Å². The van der Waals surface area contributed by atoms with E-state index in [0.29, 0.717) is 5.13 Å². The van der Waals surface area contributed by atoms with Crippen LogP contribution < -0.4 is 0 Å². The minimum absolute atomic E-state index is 0.0850. The third-order valence-corrected chi connectivity index (χ3v) is 2.89. The molecule has 0 aliphatic heterocycles. The maximum absolute atomic E-state index is 11.4. The Kier molecular flexibility index (Phi) is 3.33. The molecule has 0 N–H and O–H groups in total. The zero-order chi connectivity index (χ0) is 13.1. The number of rotatable bonds is 4. The highest BCUT2D eigenvalue weighted by Gasteiger charge is 2.15. The first-order valence-electron chi connectivity index (χ1n) is 4.94. The van der Waals surface area contributed by atoms with E-state index in [1.807, 2.05) is 0 Å². The van der Waals surface area contributed by atoms with Gasteiger partial charge in [-0.05, 0) is 18.3 Å². The SMILES string of the molecule is CCOC(=O)c1cnn(-c2ncc([N+](=O)[O-])s2)c1. The Morgan fingerprint density at radius 1 is 1.61 bits per heavy atom. The average Bonchev–Trinajstić information content (AvgIpc) is 2.98. The second-order valence-corrected chi connectivity index (χ2v) is 4.12. The molecular formula is C9H8N4O4S. The summed E-state index contributed by atoms with van der Waals surface area (Å²) in [4.78, 5) is 25.2. The lowest BCUT2D eigenvalue weighted by Gasteiger charge is -1.96. The number of aromatic nitrogens is 3. The first-order valence-corrected chi connectivity index (χ1v) is 5.76. The number of ether oxygens (including phenoxy) is 1. The van der Waals surface area contributed by atoms with E-state index in [-0.39, 0.29) is 17.2 Å². The Labute approximate surface area is 105 Å². The normalized spacial score (nSPS) is 10.3. The van der Waals surface area contributed by atoms with Gasteiger partial charge < -0.3 is 4.74 Å². The summed E-state index contributed by atoms with van der Waals surface area (Å²) in [5.74, 6) is -0.491. The molecule has 2 aromatic rings. The fourth-order valence-corrected chi connectivity index (χ4v) is 1.86. The van der Waals surface area contributed by atoms with Crippen molar-refractivity contribution in [1.29, 1.82) is 0 Å². The van der Waals surface area contributed by atoms with Crippen molar-refractivity contribution in [3.05, 3.63) is 34.3 Å². The van der Waals surface area contributed by atoms with E-state index in [0.717, 1.165) is 17.5 Å². The first-order chi connectivity index (χ1) is 8.61. The second kappa shape index (κ2) is 4.92. The van der Waals surface area contributed by atoms with Gasteiger partial charge >= 0.3 is 11.0 Å². The number of hydrogen-bond acceptors (Lipinski definition) is 7. The van der Waals surface area contributed by atoms with Gasteiger partial charge in [0.05, 0.1) is 23.3 Å². The van der Waals surface area contributed by atoms with E-state index in [4.69, 9.17) is 4.74 Å². The van der Waals surface area contributed by atoms with Crippen molar-refractivity contribution in [2.24, 2.45) is 0 Å². The zero-order valence-electron chi connectivity index (χ0n) is 9.27. The summed E-state index contributed by atoms with van der Waals surface area (Å²) in [5.41, 5.74) is 0.273. The molecule has 2 aromatic heterocycles. The summed E-state index contributed by atoms with van der Waals surface area (Å²) >= 11 is 0.871. The lowest BCUT2D eigenvalue weighted by molar-refractivity contribution is -0.380. The molecule has 94 valence electrons. The summed E-state index contributed by atoms with van der Waals surface area (Å²) < 4.78 is 6.10. The maximum atomic E-state index is 11.4. The van der Waals surface area contributed by atoms with Crippen LogP contribution in [-0.2, 0) is 4.74 Å². The molecule has 0 aliphatic rings. The third kappa shape index (κ3) is 2.35. The van der Waals surface area contributed by atoms with Gasteiger partial charge in [-0.1, -0.05) is 0 Å². The molecule has 0 spiro atoms. The van der Waals surface area contributed by atoms with E-state index in [1.165, 1.54) is 17.1 Å². The van der Waals surface area contributed by atoms with Gasteiger partial charge in [-0.15, -0.1) is 0 Å². The van der Waals surface area contributed by atoms with Gasteiger partial charge in [-0.25, -0.2) is 14.5 Å². The smallest absolute Gasteiger partial charge is 0.345 e. The molecule has 0 aliphatic carbocycles. The summed E-state index contributed by atoms with van der Waals surface area (Å²) in [6, 6.07) is 0. The minimum atomic E-state index is -0.531. The maximum Gasteiger partial charge on any atom is 0.345 e. The van der Waals surface area contributed by atoms with Gasteiger partial charge in [0.25, 0.3) is 0 Å². The number of thiazole rings is 1. The first kappa shape index (κ1) is 12.2. The number of esters is 1. The summed E-state index contributed by atoms with van der Waals surface area (Å²) in [7, 11) is 0. The van der Waals surface area contributed by atoms with Crippen LogP contribution in [0.3, 0.4) is 0 Å². The van der Waals surface area contributed by atoms with Crippen LogP contribution in [0, 0.1) is 10.1 Å². The Morgan fingerprint density at radius 3 is 3.00 bits per heavy atom. The molecule has 0 radical (unpaired) electrons. The van der Waals surface area contributed by atoms with Crippen LogP contribution in [0.2, 0.25) is 0 Å². The second-order valence-electron chi connectivity index (χ2n) is 3.13. The van der Waals surface area contributed by atoms with Crippen LogP contribution in [0.5, 0.6) is 0 Å². The van der Waals surface area contributed by atoms with Crippen molar-refractivity contribution in [1.82, 2.24) is 14.8 Å². The summed E-state index contributed by atoms with van der Waals surface area (Å²) in [6.45, 7) is 1.97. The molecular weight excluding hydrogens is 260 g/mol. The molecule has 0 fully saturated rings. The highest BCUT2D eigenvalue weighted by Crippen LogP contribution is 2.23. The fourth-order valence-electron chi connectivity index (χ4n) is 1.19. The van der Waals surface area contributed by atoms with Crippen molar-refractivity contribution < 1.29 is 14.5 Å². The topological polar surface area (TPSA) is 100 Å². The Hall–Kier alpha value is -2.29. The number of nitrogens with zero attached hydrogens (tertiary/aromatic N) is 4. The molecule has 0 aromatic carbocycles. The van der Waals surface area contributed by atoms with Crippen molar-refractivity contribution in [2.75, 3.05) is 6.61 Å². The molecule has 0 atom stereocenters. The molecule has 18 heavy (non-hydrogen) atoms. The largest absolute Gasteiger partial charge is 0.462 e. The van der Waals surface area contributed by atoms with Gasteiger partial charge in [-0.3, -0.25) is 10.1 Å². The molecule has 2 rings (SSSR count). The number of carbonyl (C=O) groups excluding carboxylic acids is 1. The van der Waals surface area contributed by atoms with Gasteiger partial charge in [0.15, 0.2) is 0 Å². The zero-order valence-corrected chi connectivity index (χ0v) is 10.1.